The summed E-state index contributed by atoms with van der Waals surface area (Å²) in [5.74, 6) is 0.892. The quantitative estimate of drug-likeness (QED) is 0.860. The molecule has 2 rings (SSSR count). The third kappa shape index (κ3) is 1.95. The Kier molecular flexibility index (Phi) is 3.19. The smallest absolute Gasteiger partial charge is 0.224 e. The van der Waals surface area contributed by atoms with Gasteiger partial charge in [0.15, 0.2) is 0 Å². The minimum absolute atomic E-state index is 0.0753. The Balaban J connectivity index is 2.38. The van der Waals surface area contributed by atoms with Gasteiger partial charge in [-0.2, -0.15) is 0 Å². The summed E-state index contributed by atoms with van der Waals surface area (Å²) in [4.78, 5) is 13.8. The molecule has 1 aromatic rings. The fourth-order valence-corrected chi connectivity index (χ4v) is 2.60. The fourth-order valence-electron chi connectivity index (χ4n) is 2.60. The van der Waals surface area contributed by atoms with Crippen LogP contribution in [0.15, 0.2) is 4.52 Å². The van der Waals surface area contributed by atoms with E-state index in [1.165, 1.54) is 0 Å². The number of rotatable bonds is 3. The molecule has 5 nitrogen and oxygen atoms in total. The lowest BCUT2D eigenvalue weighted by molar-refractivity contribution is -0.129. The van der Waals surface area contributed by atoms with Crippen molar-refractivity contribution in [3.05, 3.63) is 17.0 Å². The molecule has 1 fully saturated rings. The molecule has 2 heterocycles. The van der Waals surface area contributed by atoms with E-state index >= 15 is 0 Å². The van der Waals surface area contributed by atoms with Gasteiger partial charge in [0.05, 0.1) is 11.7 Å². The number of nitrogens with zero attached hydrogens (tertiary/aromatic N) is 2. The Morgan fingerprint density at radius 2 is 2.24 bits per heavy atom. The highest BCUT2D eigenvalue weighted by Crippen LogP contribution is 2.35. The van der Waals surface area contributed by atoms with Crippen LogP contribution in [-0.4, -0.2) is 28.6 Å². The van der Waals surface area contributed by atoms with Crippen LogP contribution in [0.2, 0.25) is 0 Å². The highest BCUT2D eigenvalue weighted by Gasteiger charge is 2.40. The van der Waals surface area contributed by atoms with Crippen LogP contribution >= 0.6 is 0 Å². The molecule has 94 valence electrons. The maximum atomic E-state index is 11.9. The number of amides is 1. The van der Waals surface area contributed by atoms with Crippen LogP contribution < -0.4 is 5.73 Å². The van der Waals surface area contributed by atoms with Crippen molar-refractivity contribution in [1.29, 1.82) is 0 Å². The predicted molar refractivity (Wildman–Crippen MR) is 63.3 cm³/mol. The second-order valence-electron chi connectivity index (χ2n) is 4.64. The first kappa shape index (κ1) is 12.1. The third-order valence-corrected chi connectivity index (χ3v) is 3.32. The van der Waals surface area contributed by atoms with Gasteiger partial charge in [0.2, 0.25) is 5.91 Å². The molecule has 0 aromatic carbocycles. The average Bonchev–Trinajstić information content (AvgIpc) is 2.71. The molecule has 2 atom stereocenters. The maximum absolute atomic E-state index is 11.9. The molecule has 5 heteroatoms. The average molecular weight is 237 g/mol. The predicted octanol–water partition coefficient (Wildman–Crippen LogP) is 1.30. The largest absolute Gasteiger partial charge is 0.361 e. The molecule has 1 aliphatic heterocycles. The van der Waals surface area contributed by atoms with Gasteiger partial charge in [-0.25, -0.2) is 0 Å². The molecule has 0 saturated carbocycles. The Morgan fingerprint density at radius 1 is 1.53 bits per heavy atom. The van der Waals surface area contributed by atoms with Gasteiger partial charge in [0.25, 0.3) is 0 Å². The highest BCUT2D eigenvalue weighted by atomic mass is 16.5. The van der Waals surface area contributed by atoms with E-state index in [0.717, 1.165) is 30.0 Å². The van der Waals surface area contributed by atoms with Gasteiger partial charge in [0.1, 0.15) is 5.76 Å². The topological polar surface area (TPSA) is 72.4 Å². The van der Waals surface area contributed by atoms with Gasteiger partial charge in [-0.3, -0.25) is 4.79 Å². The normalized spacial score (nSPS) is 24.7. The number of hydrogen-bond donors (Lipinski definition) is 1. The summed E-state index contributed by atoms with van der Waals surface area (Å²) in [6.45, 7) is 6.56. The Hall–Kier alpha value is -1.36. The van der Waals surface area contributed by atoms with E-state index in [4.69, 9.17) is 10.3 Å². The molecule has 1 saturated heterocycles. The second-order valence-corrected chi connectivity index (χ2v) is 4.64. The van der Waals surface area contributed by atoms with E-state index in [1.54, 1.807) is 0 Å². The number of aryl methyl sites for hydroxylation is 2. The van der Waals surface area contributed by atoms with E-state index in [9.17, 15) is 4.79 Å². The molecule has 0 bridgehead atoms. The van der Waals surface area contributed by atoms with Gasteiger partial charge >= 0.3 is 0 Å². The molecule has 0 spiro atoms. The maximum Gasteiger partial charge on any atom is 0.224 e. The summed E-state index contributed by atoms with van der Waals surface area (Å²) in [7, 11) is 0. The Bertz CT molecular complexity index is 408. The molecule has 0 aliphatic carbocycles. The standard InChI is InChI=1S/C12H19N3O2/c1-4-5-15-10(16)6-9(13)12(15)11-7(2)14-17-8(11)3/h9,12H,4-6,13H2,1-3H3/t9-,12-/m0/s1. The number of hydrogen-bond acceptors (Lipinski definition) is 4. The summed E-state index contributed by atoms with van der Waals surface area (Å²) < 4.78 is 5.17. The zero-order valence-electron chi connectivity index (χ0n) is 10.6. The minimum atomic E-state index is -0.161. The van der Waals surface area contributed by atoms with E-state index in [2.05, 4.69) is 12.1 Å². The number of nitrogens with two attached hydrogens (primary N) is 1. The number of carbonyl (C=O) groups is 1. The second kappa shape index (κ2) is 4.49. The van der Waals surface area contributed by atoms with E-state index in [1.807, 2.05) is 18.7 Å². The van der Waals surface area contributed by atoms with Crippen LogP contribution in [0.3, 0.4) is 0 Å². The van der Waals surface area contributed by atoms with Gasteiger partial charge < -0.3 is 15.2 Å². The molecule has 0 radical (unpaired) electrons. The van der Waals surface area contributed by atoms with Crippen LogP contribution in [0.25, 0.3) is 0 Å². The van der Waals surface area contributed by atoms with Crippen LogP contribution in [0.4, 0.5) is 0 Å². The van der Waals surface area contributed by atoms with Crippen molar-refractivity contribution in [2.45, 2.75) is 45.7 Å². The SMILES string of the molecule is CCCN1C(=O)C[C@H](N)[C@H]1c1c(C)noc1C. The van der Waals surface area contributed by atoms with Crippen molar-refractivity contribution in [2.75, 3.05) is 6.54 Å². The number of likely N-dealkylation sites (tertiary alicyclic amines) is 1. The molecule has 1 aromatic heterocycles. The molecule has 1 amide bonds. The Labute approximate surface area is 101 Å². The van der Waals surface area contributed by atoms with Gasteiger partial charge in [0, 0.05) is 24.6 Å². The first-order valence-electron chi connectivity index (χ1n) is 6.04. The molecule has 0 unspecified atom stereocenters. The van der Waals surface area contributed by atoms with Gasteiger partial charge in [-0.05, 0) is 20.3 Å². The van der Waals surface area contributed by atoms with Crippen molar-refractivity contribution in [1.82, 2.24) is 10.1 Å². The first-order valence-corrected chi connectivity index (χ1v) is 6.04. The minimum Gasteiger partial charge on any atom is -0.361 e. The number of aromatic nitrogens is 1. The lowest BCUT2D eigenvalue weighted by atomic mass is 9.99. The van der Waals surface area contributed by atoms with Crippen LogP contribution in [0, 0.1) is 13.8 Å². The summed E-state index contributed by atoms with van der Waals surface area (Å²) in [6, 6.07) is -0.237. The van der Waals surface area contributed by atoms with Crippen LogP contribution in [0.1, 0.15) is 42.8 Å². The van der Waals surface area contributed by atoms with Gasteiger partial charge in [-0.1, -0.05) is 12.1 Å². The molecular weight excluding hydrogens is 218 g/mol. The van der Waals surface area contributed by atoms with E-state index in [-0.39, 0.29) is 18.0 Å². The highest BCUT2D eigenvalue weighted by molar-refractivity contribution is 5.80. The first-order chi connectivity index (χ1) is 8.06. The van der Waals surface area contributed by atoms with Crippen molar-refractivity contribution in [3.63, 3.8) is 0 Å². The zero-order valence-corrected chi connectivity index (χ0v) is 10.6. The summed E-state index contributed by atoms with van der Waals surface area (Å²) in [6.07, 6.45) is 1.34. The summed E-state index contributed by atoms with van der Waals surface area (Å²) in [5, 5.41) is 3.95. The number of carbonyl (C=O) groups excluding carboxylic acids is 1. The molecule has 17 heavy (non-hydrogen) atoms. The molecule has 1 aliphatic rings. The lowest BCUT2D eigenvalue weighted by Gasteiger charge is -2.26. The zero-order chi connectivity index (χ0) is 12.6. The summed E-state index contributed by atoms with van der Waals surface area (Å²) in [5.41, 5.74) is 7.90. The van der Waals surface area contributed by atoms with Crippen molar-refractivity contribution < 1.29 is 9.32 Å². The molecular formula is C12H19N3O2. The fraction of sp³-hybridized carbons (Fsp3) is 0.667. The van der Waals surface area contributed by atoms with Crippen LogP contribution in [-0.2, 0) is 4.79 Å². The lowest BCUT2D eigenvalue weighted by Crippen LogP contribution is -2.34. The molecule has 2 N–H and O–H groups in total. The Morgan fingerprint density at radius 3 is 2.76 bits per heavy atom. The third-order valence-electron chi connectivity index (χ3n) is 3.32. The van der Waals surface area contributed by atoms with Gasteiger partial charge in [-0.15, -0.1) is 0 Å². The van der Waals surface area contributed by atoms with Crippen molar-refractivity contribution >= 4 is 5.91 Å². The van der Waals surface area contributed by atoms with Crippen molar-refractivity contribution in [3.8, 4) is 0 Å². The van der Waals surface area contributed by atoms with E-state index < -0.39 is 0 Å². The van der Waals surface area contributed by atoms with E-state index in [0.29, 0.717) is 6.42 Å². The monoisotopic (exact) mass is 237 g/mol. The van der Waals surface area contributed by atoms with Crippen molar-refractivity contribution in [2.24, 2.45) is 5.73 Å². The summed E-state index contributed by atoms with van der Waals surface area (Å²) >= 11 is 0. The van der Waals surface area contributed by atoms with Crippen LogP contribution in [0.5, 0.6) is 0 Å².